The van der Waals surface area contributed by atoms with E-state index in [1.807, 2.05) is 31.1 Å². The number of amides is 2. The van der Waals surface area contributed by atoms with Crippen molar-refractivity contribution < 1.29 is 9.59 Å². The van der Waals surface area contributed by atoms with E-state index in [-0.39, 0.29) is 29.7 Å². The minimum atomic E-state index is 0.0504. The first-order valence-electron chi connectivity index (χ1n) is 9.80. The summed E-state index contributed by atoms with van der Waals surface area (Å²) in [6, 6.07) is 8.45. The van der Waals surface area contributed by atoms with Gasteiger partial charge in [-0.05, 0) is 64.8 Å². The van der Waals surface area contributed by atoms with Crippen molar-refractivity contribution in [1.82, 2.24) is 10.2 Å². The molecule has 0 saturated heterocycles. The fourth-order valence-corrected chi connectivity index (χ4v) is 4.25. The van der Waals surface area contributed by atoms with E-state index in [1.54, 1.807) is 0 Å². The monoisotopic (exact) mass is 357 g/mol. The summed E-state index contributed by atoms with van der Waals surface area (Å²) >= 11 is 0. The minimum absolute atomic E-state index is 0.0504. The number of fused-ring (bicyclic) bond motifs is 1. The fraction of sp³-hybridized carbons (Fsp3) is 0.619. The molecule has 1 aliphatic carbocycles. The van der Waals surface area contributed by atoms with Gasteiger partial charge in [0.1, 0.15) is 0 Å². The second-order valence-electron chi connectivity index (χ2n) is 8.03. The quantitative estimate of drug-likeness (QED) is 0.881. The fourth-order valence-electron chi connectivity index (χ4n) is 4.25. The van der Waals surface area contributed by atoms with E-state index in [4.69, 9.17) is 0 Å². The van der Waals surface area contributed by atoms with Crippen LogP contribution in [0.1, 0.15) is 38.2 Å². The lowest BCUT2D eigenvalue weighted by Gasteiger charge is -2.32. The summed E-state index contributed by atoms with van der Waals surface area (Å²) in [5.41, 5.74) is 2.34. The van der Waals surface area contributed by atoms with E-state index >= 15 is 0 Å². The summed E-state index contributed by atoms with van der Waals surface area (Å²) in [4.78, 5) is 29.5. The predicted octanol–water partition coefficient (Wildman–Crippen LogP) is 2.45. The molecule has 1 aliphatic heterocycles. The molecule has 0 spiro atoms. The van der Waals surface area contributed by atoms with Gasteiger partial charge in [-0.3, -0.25) is 9.59 Å². The van der Waals surface area contributed by atoms with Crippen LogP contribution < -0.4 is 10.2 Å². The smallest absolute Gasteiger partial charge is 0.230 e. The molecule has 142 valence electrons. The van der Waals surface area contributed by atoms with Crippen LogP contribution in [-0.2, 0) is 16.0 Å². The molecule has 26 heavy (non-hydrogen) atoms. The third-order valence-electron chi connectivity index (χ3n) is 5.75. The number of nitrogens with one attached hydrogen (secondary N) is 1. The Morgan fingerprint density at radius 1 is 1.12 bits per heavy atom. The second-order valence-corrected chi connectivity index (χ2v) is 8.03. The van der Waals surface area contributed by atoms with Crippen molar-refractivity contribution >= 4 is 17.5 Å². The number of para-hydroxylation sites is 1. The van der Waals surface area contributed by atoms with Gasteiger partial charge in [0.2, 0.25) is 11.8 Å². The molecule has 0 aromatic heterocycles. The maximum absolute atomic E-state index is 13.1. The Balaban J connectivity index is 1.53. The molecule has 1 aromatic rings. The summed E-state index contributed by atoms with van der Waals surface area (Å²) in [5, 5.41) is 3.03. The first-order valence-corrected chi connectivity index (χ1v) is 9.80. The molecular formula is C21H31N3O2. The Morgan fingerprint density at radius 3 is 2.46 bits per heavy atom. The van der Waals surface area contributed by atoms with Gasteiger partial charge in [-0.25, -0.2) is 0 Å². The molecular weight excluding hydrogens is 326 g/mol. The number of likely N-dealkylation sites (N-methyl/N-ethyl adjacent to an activating group) is 1. The molecule has 0 radical (unpaired) electrons. The zero-order chi connectivity index (χ0) is 18.7. The molecule has 1 heterocycles. The molecule has 2 aliphatic rings. The topological polar surface area (TPSA) is 52.7 Å². The largest absolute Gasteiger partial charge is 0.355 e. The van der Waals surface area contributed by atoms with Crippen LogP contribution in [0.4, 0.5) is 5.69 Å². The Morgan fingerprint density at radius 2 is 1.77 bits per heavy atom. The summed E-state index contributed by atoms with van der Waals surface area (Å²) in [7, 11) is 4.00. The Bertz CT molecular complexity index is 650. The molecule has 0 bridgehead atoms. The van der Waals surface area contributed by atoms with Crippen molar-refractivity contribution in [1.29, 1.82) is 0 Å². The first kappa shape index (κ1) is 18.9. The lowest BCUT2D eigenvalue weighted by molar-refractivity contribution is -0.129. The van der Waals surface area contributed by atoms with Gasteiger partial charge in [0.05, 0.1) is 0 Å². The lowest BCUT2D eigenvalue weighted by Crippen LogP contribution is -2.43. The number of benzene rings is 1. The molecule has 2 amide bonds. The molecule has 5 heteroatoms. The van der Waals surface area contributed by atoms with Crippen LogP contribution in [0, 0.1) is 11.8 Å². The van der Waals surface area contributed by atoms with Crippen LogP contribution in [0.3, 0.4) is 0 Å². The number of rotatable bonds is 5. The highest BCUT2D eigenvalue weighted by Gasteiger charge is 2.37. The van der Waals surface area contributed by atoms with Crippen LogP contribution in [0.25, 0.3) is 0 Å². The SMILES string of the molecule is CC1Cc2ccccc2N1C(=O)C1CCC(C(=O)NCCN(C)C)CC1. The molecule has 1 atom stereocenters. The summed E-state index contributed by atoms with van der Waals surface area (Å²) < 4.78 is 0. The second kappa shape index (κ2) is 8.21. The molecule has 1 aromatic carbocycles. The van der Waals surface area contributed by atoms with Gasteiger partial charge in [0.15, 0.2) is 0 Å². The molecule has 1 fully saturated rings. The van der Waals surface area contributed by atoms with Gasteiger partial charge in [0, 0.05) is 36.7 Å². The van der Waals surface area contributed by atoms with E-state index in [0.717, 1.165) is 44.3 Å². The molecule has 1 unspecified atom stereocenters. The van der Waals surface area contributed by atoms with E-state index < -0.39 is 0 Å². The highest BCUT2D eigenvalue weighted by atomic mass is 16.2. The molecule has 3 rings (SSSR count). The van der Waals surface area contributed by atoms with Crippen molar-refractivity contribution in [2.75, 3.05) is 32.1 Å². The van der Waals surface area contributed by atoms with Crippen LogP contribution in [-0.4, -0.2) is 49.9 Å². The van der Waals surface area contributed by atoms with Gasteiger partial charge >= 0.3 is 0 Å². The zero-order valence-electron chi connectivity index (χ0n) is 16.2. The average Bonchev–Trinajstić information content (AvgIpc) is 2.96. The maximum atomic E-state index is 13.1. The van der Waals surface area contributed by atoms with Crippen molar-refractivity contribution in [2.45, 2.75) is 45.1 Å². The number of hydrogen-bond acceptors (Lipinski definition) is 3. The zero-order valence-corrected chi connectivity index (χ0v) is 16.2. The Hall–Kier alpha value is -1.88. The maximum Gasteiger partial charge on any atom is 0.230 e. The van der Waals surface area contributed by atoms with Gasteiger partial charge < -0.3 is 15.1 Å². The van der Waals surface area contributed by atoms with E-state index in [0.29, 0.717) is 6.54 Å². The minimum Gasteiger partial charge on any atom is -0.355 e. The molecule has 5 nitrogen and oxygen atoms in total. The predicted molar refractivity (Wildman–Crippen MR) is 104 cm³/mol. The number of carbonyl (C=O) groups excluding carboxylic acids is 2. The highest BCUT2D eigenvalue weighted by molar-refractivity contribution is 5.97. The van der Waals surface area contributed by atoms with Crippen molar-refractivity contribution in [2.24, 2.45) is 11.8 Å². The van der Waals surface area contributed by atoms with Crippen LogP contribution in [0.5, 0.6) is 0 Å². The lowest BCUT2D eigenvalue weighted by atomic mass is 9.80. The Kier molecular flexibility index (Phi) is 5.97. The van der Waals surface area contributed by atoms with E-state index in [2.05, 4.69) is 29.3 Å². The van der Waals surface area contributed by atoms with Crippen molar-refractivity contribution in [3.8, 4) is 0 Å². The number of nitrogens with zero attached hydrogens (tertiary/aromatic N) is 2. The highest BCUT2D eigenvalue weighted by Crippen LogP contribution is 2.36. The molecule has 1 N–H and O–H groups in total. The van der Waals surface area contributed by atoms with Gasteiger partial charge in [-0.15, -0.1) is 0 Å². The van der Waals surface area contributed by atoms with Gasteiger partial charge in [-0.2, -0.15) is 0 Å². The summed E-state index contributed by atoms with van der Waals surface area (Å²) in [5.74, 6) is 0.505. The van der Waals surface area contributed by atoms with Crippen LogP contribution >= 0.6 is 0 Å². The van der Waals surface area contributed by atoms with Crippen LogP contribution in [0.2, 0.25) is 0 Å². The average molecular weight is 357 g/mol. The summed E-state index contributed by atoms with van der Waals surface area (Å²) in [6.45, 7) is 3.67. The third kappa shape index (κ3) is 4.09. The van der Waals surface area contributed by atoms with E-state index in [1.165, 1.54) is 5.56 Å². The first-order chi connectivity index (χ1) is 12.5. The van der Waals surface area contributed by atoms with Crippen molar-refractivity contribution in [3.63, 3.8) is 0 Å². The standard InChI is InChI=1S/C21H31N3O2/c1-15-14-18-6-4-5-7-19(18)24(15)21(26)17-10-8-16(9-11-17)20(25)22-12-13-23(2)3/h4-7,15-17H,8-14H2,1-3H3,(H,22,25). The number of carbonyl (C=O) groups is 2. The Labute approximate surface area is 156 Å². The number of hydrogen-bond donors (Lipinski definition) is 1. The number of anilines is 1. The third-order valence-corrected chi connectivity index (χ3v) is 5.75. The van der Waals surface area contributed by atoms with Gasteiger partial charge in [0.25, 0.3) is 0 Å². The van der Waals surface area contributed by atoms with Crippen LogP contribution in [0.15, 0.2) is 24.3 Å². The van der Waals surface area contributed by atoms with E-state index in [9.17, 15) is 9.59 Å². The van der Waals surface area contributed by atoms with Gasteiger partial charge in [-0.1, -0.05) is 18.2 Å². The van der Waals surface area contributed by atoms with Crippen molar-refractivity contribution in [3.05, 3.63) is 29.8 Å². The summed E-state index contributed by atoms with van der Waals surface area (Å²) in [6.07, 6.45) is 4.19. The molecule has 1 saturated carbocycles. The normalized spacial score (nSPS) is 25.2.